The minimum Gasteiger partial charge on any atom is -0.475 e. The van der Waals surface area contributed by atoms with E-state index < -0.39 is 17.7 Å². The third kappa shape index (κ3) is 2.90. The van der Waals surface area contributed by atoms with E-state index in [-0.39, 0.29) is 17.5 Å². The SMILES string of the molecule is Cc1nc(Nc2ccc(C(F)(F)F)cc2)oc1C(=O)O. The molecule has 0 unspecified atom stereocenters. The molecule has 0 aliphatic rings. The zero-order valence-electron chi connectivity index (χ0n) is 10.2. The summed E-state index contributed by atoms with van der Waals surface area (Å²) < 4.78 is 42.1. The Labute approximate surface area is 111 Å². The quantitative estimate of drug-likeness (QED) is 0.903. The predicted molar refractivity (Wildman–Crippen MR) is 62.9 cm³/mol. The molecular weight excluding hydrogens is 277 g/mol. The molecule has 2 rings (SSSR count). The van der Waals surface area contributed by atoms with Crippen LogP contribution >= 0.6 is 0 Å². The normalized spacial score (nSPS) is 11.4. The average Bonchev–Trinajstić information content (AvgIpc) is 2.70. The number of halogens is 3. The summed E-state index contributed by atoms with van der Waals surface area (Å²) in [5.74, 6) is -1.59. The number of alkyl halides is 3. The lowest BCUT2D eigenvalue weighted by atomic mass is 10.2. The summed E-state index contributed by atoms with van der Waals surface area (Å²) in [6.45, 7) is 1.45. The number of benzene rings is 1. The fourth-order valence-corrected chi connectivity index (χ4v) is 1.51. The molecule has 106 valence electrons. The zero-order chi connectivity index (χ0) is 14.9. The molecule has 0 fully saturated rings. The third-order valence-electron chi connectivity index (χ3n) is 2.45. The first-order valence-electron chi connectivity index (χ1n) is 5.42. The highest BCUT2D eigenvalue weighted by Gasteiger charge is 2.30. The van der Waals surface area contributed by atoms with Crippen LogP contribution in [0.2, 0.25) is 0 Å². The Balaban J connectivity index is 2.18. The van der Waals surface area contributed by atoms with Crippen molar-refractivity contribution < 1.29 is 27.5 Å². The van der Waals surface area contributed by atoms with Gasteiger partial charge in [-0.05, 0) is 31.2 Å². The summed E-state index contributed by atoms with van der Waals surface area (Å²) in [6, 6.07) is 4.09. The van der Waals surface area contributed by atoms with E-state index in [1.807, 2.05) is 0 Å². The van der Waals surface area contributed by atoms with E-state index in [9.17, 15) is 18.0 Å². The maximum absolute atomic E-state index is 12.4. The Morgan fingerprint density at radius 1 is 1.30 bits per heavy atom. The van der Waals surface area contributed by atoms with Gasteiger partial charge in [0.25, 0.3) is 6.01 Å². The fraction of sp³-hybridized carbons (Fsp3) is 0.167. The van der Waals surface area contributed by atoms with E-state index in [4.69, 9.17) is 9.52 Å². The number of aryl methyl sites for hydroxylation is 1. The Morgan fingerprint density at radius 2 is 1.90 bits per heavy atom. The number of rotatable bonds is 3. The molecule has 2 N–H and O–H groups in total. The lowest BCUT2D eigenvalue weighted by molar-refractivity contribution is -0.137. The van der Waals surface area contributed by atoms with Gasteiger partial charge in [0, 0.05) is 5.69 Å². The third-order valence-corrected chi connectivity index (χ3v) is 2.45. The number of carboxylic acid groups (broad SMARTS) is 1. The average molecular weight is 286 g/mol. The zero-order valence-corrected chi connectivity index (χ0v) is 10.2. The first-order chi connectivity index (χ1) is 9.27. The Kier molecular flexibility index (Phi) is 3.39. The van der Waals surface area contributed by atoms with Crippen molar-refractivity contribution in [2.45, 2.75) is 13.1 Å². The van der Waals surface area contributed by atoms with Gasteiger partial charge in [-0.2, -0.15) is 18.2 Å². The number of carbonyl (C=O) groups is 1. The second-order valence-corrected chi connectivity index (χ2v) is 3.94. The molecule has 2 aromatic rings. The largest absolute Gasteiger partial charge is 0.475 e. The standard InChI is InChI=1S/C12H9F3N2O3/c1-6-9(10(18)19)20-11(16-6)17-8-4-2-7(3-5-8)12(13,14)15/h2-5H,1H3,(H,16,17)(H,18,19). The van der Waals surface area contributed by atoms with E-state index in [0.717, 1.165) is 12.1 Å². The van der Waals surface area contributed by atoms with Crippen molar-refractivity contribution in [1.82, 2.24) is 4.98 Å². The molecule has 0 bridgehead atoms. The number of nitrogens with one attached hydrogen (secondary N) is 1. The van der Waals surface area contributed by atoms with Crippen LogP contribution in [0.15, 0.2) is 28.7 Å². The van der Waals surface area contributed by atoms with Crippen molar-refractivity contribution >= 4 is 17.7 Å². The Bertz CT molecular complexity index is 632. The molecule has 0 spiro atoms. The molecule has 1 aromatic carbocycles. The number of carboxylic acids is 1. The van der Waals surface area contributed by atoms with Gasteiger partial charge in [0.2, 0.25) is 5.76 Å². The second kappa shape index (κ2) is 4.87. The summed E-state index contributed by atoms with van der Waals surface area (Å²) in [5, 5.41) is 11.4. The van der Waals surface area contributed by atoms with Gasteiger partial charge in [-0.25, -0.2) is 4.79 Å². The molecule has 1 heterocycles. The van der Waals surface area contributed by atoms with Crippen LogP contribution < -0.4 is 5.32 Å². The lowest BCUT2D eigenvalue weighted by Gasteiger charge is -2.07. The molecule has 0 amide bonds. The van der Waals surface area contributed by atoms with Crippen LogP contribution in [-0.2, 0) is 6.18 Å². The van der Waals surface area contributed by atoms with Crippen LogP contribution in [-0.4, -0.2) is 16.1 Å². The Morgan fingerprint density at radius 3 is 2.35 bits per heavy atom. The van der Waals surface area contributed by atoms with Gasteiger partial charge in [-0.15, -0.1) is 0 Å². The topological polar surface area (TPSA) is 75.4 Å². The van der Waals surface area contributed by atoms with Crippen molar-refractivity contribution in [1.29, 1.82) is 0 Å². The number of oxazole rings is 1. The van der Waals surface area contributed by atoms with Crippen molar-refractivity contribution in [2.75, 3.05) is 5.32 Å². The predicted octanol–water partition coefficient (Wildman–Crippen LogP) is 3.44. The smallest absolute Gasteiger partial charge is 0.416 e. The highest BCUT2D eigenvalue weighted by Crippen LogP contribution is 2.30. The van der Waals surface area contributed by atoms with Gasteiger partial charge in [0.1, 0.15) is 0 Å². The monoisotopic (exact) mass is 286 g/mol. The molecule has 1 aromatic heterocycles. The van der Waals surface area contributed by atoms with Gasteiger partial charge in [-0.3, -0.25) is 0 Å². The summed E-state index contributed by atoms with van der Waals surface area (Å²) in [4.78, 5) is 14.6. The molecule has 0 aliphatic carbocycles. The molecular formula is C12H9F3N2O3. The van der Waals surface area contributed by atoms with Crippen LogP contribution in [0.3, 0.4) is 0 Å². The van der Waals surface area contributed by atoms with Crippen LogP contribution in [0.25, 0.3) is 0 Å². The molecule has 0 saturated heterocycles. The van der Waals surface area contributed by atoms with E-state index >= 15 is 0 Å². The number of aromatic carboxylic acids is 1. The first-order valence-corrected chi connectivity index (χ1v) is 5.42. The fourth-order valence-electron chi connectivity index (χ4n) is 1.51. The molecule has 5 nitrogen and oxygen atoms in total. The number of aromatic nitrogens is 1. The second-order valence-electron chi connectivity index (χ2n) is 3.94. The van der Waals surface area contributed by atoms with Gasteiger partial charge in [-0.1, -0.05) is 0 Å². The highest BCUT2D eigenvalue weighted by atomic mass is 19.4. The molecule has 0 radical (unpaired) electrons. The minimum absolute atomic E-state index is 0.0975. The highest BCUT2D eigenvalue weighted by molar-refractivity contribution is 5.85. The van der Waals surface area contributed by atoms with Crippen LogP contribution in [0, 0.1) is 6.92 Å². The lowest BCUT2D eigenvalue weighted by Crippen LogP contribution is -2.04. The maximum atomic E-state index is 12.4. The van der Waals surface area contributed by atoms with Crippen molar-refractivity contribution in [3.8, 4) is 0 Å². The van der Waals surface area contributed by atoms with Crippen LogP contribution in [0.1, 0.15) is 21.8 Å². The van der Waals surface area contributed by atoms with Crippen molar-refractivity contribution in [3.63, 3.8) is 0 Å². The van der Waals surface area contributed by atoms with Gasteiger partial charge in [0.15, 0.2) is 0 Å². The van der Waals surface area contributed by atoms with E-state index in [1.54, 1.807) is 0 Å². The van der Waals surface area contributed by atoms with E-state index in [2.05, 4.69) is 10.3 Å². The minimum atomic E-state index is -4.41. The summed E-state index contributed by atoms with van der Waals surface area (Å²) in [6.07, 6.45) is -4.41. The van der Waals surface area contributed by atoms with E-state index in [0.29, 0.717) is 5.69 Å². The Hall–Kier alpha value is -2.51. The van der Waals surface area contributed by atoms with Crippen LogP contribution in [0.5, 0.6) is 0 Å². The van der Waals surface area contributed by atoms with Crippen molar-refractivity contribution in [2.24, 2.45) is 0 Å². The first kappa shape index (κ1) is 13.9. The van der Waals surface area contributed by atoms with Gasteiger partial charge < -0.3 is 14.8 Å². The molecule has 0 atom stereocenters. The summed E-state index contributed by atoms with van der Waals surface area (Å²) in [5.41, 5.74) is -0.305. The van der Waals surface area contributed by atoms with E-state index in [1.165, 1.54) is 19.1 Å². The summed E-state index contributed by atoms with van der Waals surface area (Å²) >= 11 is 0. The number of hydrogen-bond acceptors (Lipinski definition) is 4. The van der Waals surface area contributed by atoms with Crippen molar-refractivity contribution in [3.05, 3.63) is 41.3 Å². The molecule has 8 heteroatoms. The van der Waals surface area contributed by atoms with Gasteiger partial charge in [0.05, 0.1) is 11.3 Å². The molecule has 0 saturated carbocycles. The molecule has 0 aliphatic heterocycles. The van der Waals surface area contributed by atoms with Crippen LogP contribution in [0.4, 0.5) is 24.9 Å². The molecule has 20 heavy (non-hydrogen) atoms. The number of nitrogens with zero attached hydrogens (tertiary/aromatic N) is 1. The van der Waals surface area contributed by atoms with Gasteiger partial charge >= 0.3 is 12.1 Å². The number of anilines is 2. The summed E-state index contributed by atoms with van der Waals surface area (Å²) in [7, 11) is 0. The maximum Gasteiger partial charge on any atom is 0.416 e. The number of hydrogen-bond donors (Lipinski definition) is 2.